The fraction of sp³-hybridized carbons (Fsp3) is 0.200. The topological polar surface area (TPSA) is 91.4 Å². The number of amides is 3. The van der Waals surface area contributed by atoms with E-state index in [1.807, 2.05) is 19.9 Å². The minimum atomic E-state index is -4.63. The van der Waals surface area contributed by atoms with Gasteiger partial charge in [0.2, 0.25) is 0 Å². The molecular weight excluding hydrogens is 475 g/mol. The predicted molar refractivity (Wildman–Crippen MR) is 126 cm³/mol. The van der Waals surface area contributed by atoms with Crippen molar-refractivity contribution < 1.29 is 27.5 Å². The van der Waals surface area contributed by atoms with Crippen molar-refractivity contribution >= 4 is 34.3 Å². The summed E-state index contributed by atoms with van der Waals surface area (Å²) in [6.07, 6.45) is 0.542. The van der Waals surface area contributed by atoms with Crippen LogP contribution in [0.2, 0.25) is 0 Å². The summed E-state index contributed by atoms with van der Waals surface area (Å²) >= 11 is 0. The Balaban J connectivity index is 1.46. The van der Waals surface area contributed by atoms with Crippen molar-refractivity contribution in [1.82, 2.24) is 15.0 Å². The summed E-state index contributed by atoms with van der Waals surface area (Å²) in [6, 6.07) is 8.54. The van der Waals surface area contributed by atoms with Crippen LogP contribution in [0.25, 0.3) is 11.0 Å². The molecule has 3 amide bonds. The molecule has 0 bridgehead atoms. The number of aromatic nitrogens is 3. The molecule has 8 nitrogen and oxygen atoms in total. The molecule has 5 rings (SSSR count). The van der Waals surface area contributed by atoms with Crippen molar-refractivity contribution in [1.29, 1.82) is 0 Å². The van der Waals surface area contributed by atoms with Crippen molar-refractivity contribution in [2.75, 3.05) is 16.3 Å². The Hall–Kier alpha value is -4.41. The number of nitrogens with zero attached hydrogens (tertiary/aromatic N) is 4. The second-order valence-corrected chi connectivity index (χ2v) is 8.56. The first-order chi connectivity index (χ1) is 17.1. The first kappa shape index (κ1) is 23.3. The summed E-state index contributed by atoms with van der Waals surface area (Å²) in [5.74, 6) is 0.539. The zero-order valence-corrected chi connectivity index (χ0v) is 19.2. The molecule has 1 aliphatic heterocycles. The molecule has 3 aromatic heterocycles. The molecule has 11 heteroatoms. The van der Waals surface area contributed by atoms with Gasteiger partial charge >= 0.3 is 12.2 Å². The number of fused-ring (bicyclic) bond motifs is 1. The summed E-state index contributed by atoms with van der Waals surface area (Å²) in [5, 5.41) is 0.798. The first-order valence-electron chi connectivity index (χ1n) is 11.0. The van der Waals surface area contributed by atoms with E-state index in [-0.39, 0.29) is 11.6 Å². The number of imide groups is 1. The number of hydrogen-bond acceptors (Lipinski definition) is 5. The van der Waals surface area contributed by atoms with Crippen LogP contribution in [0.15, 0.2) is 61.2 Å². The van der Waals surface area contributed by atoms with Gasteiger partial charge in [0, 0.05) is 18.6 Å². The molecule has 1 aliphatic rings. The maximum atomic E-state index is 13.1. The Bertz CT molecular complexity index is 1480. The molecule has 184 valence electrons. The molecule has 36 heavy (non-hydrogen) atoms. The number of anilines is 2. The molecule has 0 spiro atoms. The van der Waals surface area contributed by atoms with Gasteiger partial charge in [0.25, 0.3) is 5.91 Å². The number of nitrogens with one attached hydrogen (secondary N) is 1. The summed E-state index contributed by atoms with van der Waals surface area (Å²) in [4.78, 5) is 38.7. The van der Waals surface area contributed by atoms with Crippen LogP contribution in [0.3, 0.4) is 0 Å². The average Bonchev–Trinajstić information content (AvgIpc) is 3.43. The summed E-state index contributed by atoms with van der Waals surface area (Å²) in [7, 11) is 0. The van der Waals surface area contributed by atoms with Gasteiger partial charge in [-0.1, -0.05) is 13.8 Å². The lowest BCUT2D eigenvalue weighted by Crippen LogP contribution is -2.33. The smallest absolute Gasteiger partial charge is 0.417 e. The lowest BCUT2D eigenvalue weighted by atomic mass is 10.0. The lowest BCUT2D eigenvalue weighted by molar-refractivity contribution is -0.137. The van der Waals surface area contributed by atoms with E-state index in [4.69, 9.17) is 4.74 Å². The maximum absolute atomic E-state index is 13.1. The van der Waals surface area contributed by atoms with Gasteiger partial charge in [0.1, 0.15) is 23.7 Å². The molecule has 0 unspecified atom stereocenters. The second kappa shape index (κ2) is 8.67. The highest BCUT2D eigenvalue weighted by molar-refractivity contribution is 6.27. The van der Waals surface area contributed by atoms with Crippen LogP contribution in [0.4, 0.5) is 29.3 Å². The third kappa shape index (κ3) is 4.12. The van der Waals surface area contributed by atoms with E-state index in [2.05, 4.69) is 15.0 Å². The zero-order chi connectivity index (χ0) is 25.6. The van der Waals surface area contributed by atoms with E-state index < -0.39 is 30.2 Å². The van der Waals surface area contributed by atoms with Gasteiger partial charge in [-0.2, -0.15) is 13.2 Å². The number of alkyl halides is 3. The monoisotopic (exact) mass is 495 g/mol. The van der Waals surface area contributed by atoms with Crippen molar-refractivity contribution in [2.45, 2.75) is 25.9 Å². The molecule has 1 N–H and O–H groups in total. The van der Waals surface area contributed by atoms with E-state index in [1.165, 1.54) is 0 Å². The molecule has 0 atom stereocenters. The number of H-pyrrole nitrogens is 1. The van der Waals surface area contributed by atoms with E-state index in [1.54, 1.807) is 36.7 Å². The number of carbonyl (C=O) groups is 2. The standard InChI is InChI=1S/C25H20F3N5O3/c1-14(2)19-10-16(3-4-20(19)36-21-6-8-31-23-18(21)5-7-30-23)33-22(34)13-32(24(33)35)17-9-15(11-29-12-17)25(26,27)28/h3-12,14H,13H2,1-2H3,(H,30,31). The molecule has 1 aromatic carbocycles. The van der Waals surface area contributed by atoms with E-state index in [0.717, 1.165) is 33.0 Å². The molecule has 1 saturated heterocycles. The number of ether oxygens (including phenoxy) is 1. The highest BCUT2D eigenvalue weighted by Crippen LogP contribution is 2.38. The van der Waals surface area contributed by atoms with E-state index >= 15 is 0 Å². The van der Waals surface area contributed by atoms with Crippen molar-refractivity contribution in [3.63, 3.8) is 0 Å². The van der Waals surface area contributed by atoms with Gasteiger partial charge < -0.3 is 9.72 Å². The number of rotatable bonds is 5. The molecule has 0 saturated carbocycles. The minimum absolute atomic E-state index is 0.0277. The average molecular weight is 495 g/mol. The minimum Gasteiger partial charge on any atom is -0.456 e. The normalized spacial score (nSPS) is 14.4. The molecule has 0 aliphatic carbocycles. The molecule has 4 heterocycles. The van der Waals surface area contributed by atoms with Crippen LogP contribution in [-0.4, -0.2) is 33.4 Å². The van der Waals surface area contributed by atoms with Crippen molar-refractivity contribution in [2.24, 2.45) is 0 Å². The maximum Gasteiger partial charge on any atom is 0.417 e. The Morgan fingerprint density at radius 2 is 1.83 bits per heavy atom. The number of pyridine rings is 2. The largest absolute Gasteiger partial charge is 0.456 e. The fourth-order valence-corrected chi connectivity index (χ4v) is 4.05. The van der Waals surface area contributed by atoms with Gasteiger partial charge in [-0.25, -0.2) is 14.7 Å². The fourth-order valence-electron chi connectivity index (χ4n) is 4.05. The van der Waals surface area contributed by atoms with Crippen LogP contribution >= 0.6 is 0 Å². The highest BCUT2D eigenvalue weighted by atomic mass is 19.4. The second-order valence-electron chi connectivity index (χ2n) is 8.56. The Morgan fingerprint density at radius 3 is 2.58 bits per heavy atom. The van der Waals surface area contributed by atoms with Crippen molar-refractivity contribution in [3.8, 4) is 11.5 Å². The molecular formula is C25H20F3N5O3. The summed E-state index contributed by atoms with van der Waals surface area (Å²) in [5.41, 5.74) is 0.600. The lowest BCUT2D eigenvalue weighted by Gasteiger charge is -2.20. The number of halogens is 3. The van der Waals surface area contributed by atoms with E-state index in [9.17, 15) is 22.8 Å². The Morgan fingerprint density at radius 1 is 1.03 bits per heavy atom. The Kier molecular flexibility index (Phi) is 5.62. The van der Waals surface area contributed by atoms with Crippen LogP contribution in [0.1, 0.15) is 30.9 Å². The van der Waals surface area contributed by atoms with Gasteiger partial charge in [0.15, 0.2) is 0 Å². The van der Waals surface area contributed by atoms with Crippen LogP contribution in [0, 0.1) is 0 Å². The third-order valence-electron chi connectivity index (χ3n) is 5.84. The summed E-state index contributed by atoms with van der Waals surface area (Å²) < 4.78 is 45.5. The Labute approximate surface area is 203 Å². The molecule has 0 radical (unpaired) electrons. The van der Waals surface area contributed by atoms with Crippen molar-refractivity contribution in [3.05, 3.63) is 72.3 Å². The SMILES string of the molecule is CC(C)c1cc(N2C(=O)CN(c3cncc(C(F)(F)F)c3)C2=O)ccc1Oc1ccnc2[nH]ccc12. The van der Waals surface area contributed by atoms with Gasteiger partial charge in [-0.3, -0.25) is 14.7 Å². The highest BCUT2D eigenvalue weighted by Gasteiger charge is 2.40. The van der Waals surface area contributed by atoms with Gasteiger partial charge in [0.05, 0.1) is 28.5 Å². The van der Waals surface area contributed by atoms with Crippen LogP contribution in [0.5, 0.6) is 11.5 Å². The van der Waals surface area contributed by atoms with Gasteiger partial charge in [-0.15, -0.1) is 0 Å². The third-order valence-corrected chi connectivity index (χ3v) is 5.84. The van der Waals surface area contributed by atoms with E-state index in [0.29, 0.717) is 29.0 Å². The van der Waals surface area contributed by atoms with Gasteiger partial charge in [-0.05, 0) is 47.9 Å². The zero-order valence-electron chi connectivity index (χ0n) is 19.2. The summed E-state index contributed by atoms with van der Waals surface area (Å²) in [6.45, 7) is 3.48. The van der Waals surface area contributed by atoms with Crippen LogP contribution < -0.4 is 14.5 Å². The number of hydrogen-bond donors (Lipinski definition) is 1. The predicted octanol–water partition coefficient (Wildman–Crippen LogP) is 5.87. The number of urea groups is 1. The quantitative estimate of drug-likeness (QED) is 0.350. The first-order valence-corrected chi connectivity index (χ1v) is 11.0. The molecule has 1 fully saturated rings. The molecule has 4 aromatic rings. The number of benzene rings is 1. The number of aromatic amines is 1. The number of carbonyl (C=O) groups excluding carboxylic acids is 2. The van der Waals surface area contributed by atoms with Crippen LogP contribution in [-0.2, 0) is 11.0 Å².